The van der Waals surface area contributed by atoms with Crippen molar-refractivity contribution in [3.63, 3.8) is 0 Å². The molecule has 0 aliphatic carbocycles. The Balaban J connectivity index is 1.41. The number of rotatable bonds is 12. The molecule has 6 rings (SSSR count). The molecule has 4 aromatic rings. The van der Waals surface area contributed by atoms with Crippen LogP contribution in [0.2, 0.25) is 10.0 Å². The molecule has 1 saturated heterocycles. The van der Waals surface area contributed by atoms with Crippen LogP contribution in [0.25, 0.3) is 5.76 Å². The number of ketones is 1. The summed E-state index contributed by atoms with van der Waals surface area (Å²) < 4.78 is 23.8. The Kier molecular flexibility index (Phi) is 10.6. The summed E-state index contributed by atoms with van der Waals surface area (Å²) in [5.41, 5.74) is 1.54. The van der Waals surface area contributed by atoms with E-state index >= 15 is 0 Å². The molecular weight excluding hydrogens is 697 g/mol. The molecule has 14 heteroatoms. The lowest BCUT2D eigenvalue weighted by atomic mass is 9.95. The molecule has 3 heterocycles. The predicted molar refractivity (Wildman–Crippen MR) is 186 cm³/mol. The molecule has 1 amide bonds. The van der Waals surface area contributed by atoms with Gasteiger partial charge < -0.3 is 24.1 Å². The first-order chi connectivity index (χ1) is 23.3. The quantitative estimate of drug-likeness (QED) is 0.0383. The lowest BCUT2D eigenvalue weighted by Gasteiger charge is -2.24. The van der Waals surface area contributed by atoms with Crippen LogP contribution in [-0.2, 0) is 15.3 Å². The Morgan fingerprint density at radius 1 is 1.00 bits per heavy atom. The van der Waals surface area contributed by atoms with E-state index < -0.39 is 17.7 Å². The lowest BCUT2D eigenvalue weighted by Crippen LogP contribution is -2.29. The van der Waals surface area contributed by atoms with Crippen LogP contribution >= 0.6 is 46.3 Å². The van der Waals surface area contributed by atoms with Gasteiger partial charge in [0.25, 0.3) is 5.78 Å². The summed E-state index contributed by atoms with van der Waals surface area (Å²) in [7, 11) is 0. The molecule has 10 nitrogen and oxygen atoms in total. The molecule has 1 aromatic heterocycles. The smallest absolute Gasteiger partial charge is 0.301 e. The van der Waals surface area contributed by atoms with Gasteiger partial charge in [-0.2, -0.15) is 0 Å². The summed E-state index contributed by atoms with van der Waals surface area (Å²) >= 11 is 14.9. The Morgan fingerprint density at radius 2 is 1.81 bits per heavy atom. The van der Waals surface area contributed by atoms with Crippen LogP contribution in [0.1, 0.15) is 49.4 Å². The molecule has 2 aliphatic heterocycles. The minimum Gasteiger partial charge on any atom is -0.507 e. The Bertz CT molecular complexity index is 1880. The zero-order valence-electron chi connectivity index (χ0n) is 26.0. The maximum absolute atomic E-state index is 13.8. The summed E-state index contributed by atoms with van der Waals surface area (Å²) in [6, 6.07) is 14.3. The van der Waals surface area contributed by atoms with Crippen molar-refractivity contribution in [2.45, 2.75) is 42.8 Å². The zero-order valence-corrected chi connectivity index (χ0v) is 29.2. The van der Waals surface area contributed by atoms with Crippen molar-refractivity contribution >= 4 is 68.9 Å². The van der Waals surface area contributed by atoms with E-state index in [0.29, 0.717) is 80.7 Å². The fraction of sp³-hybridized carbons (Fsp3) is 0.294. The summed E-state index contributed by atoms with van der Waals surface area (Å²) in [6.07, 6.45) is 1.83. The molecule has 0 spiro atoms. The number of aromatic nitrogens is 2. The lowest BCUT2D eigenvalue weighted by molar-refractivity contribution is -0.132. The normalized spacial score (nSPS) is 16.8. The number of Topliss-reactive ketones (excluding diaryl/α,β-unsaturated/α-hetero) is 1. The summed E-state index contributed by atoms with van der Waals surface area (Å²) in [6.45, 7) is 5.54. The van der Waals surface area contributed by atoms with Crippen LogP contribution in [0.5, 0.6) is 23.0 Å². The number of benzene rings is 3. The zero-order chi connectivity index (χ0) is 33.8. The number of aliphatic hydroxyl groups is 1. The molecule has 0 saturated carbocycles. The second kappa shape index (κ2) is 15.1. The van der Waals surface area contributed by atoms with Gasteiger partial charge >= 0.3 is 5.91 Å². The van der Waals surface area contributed by atoms with Crippen LogP contribution in [0.15, 0.2) is 64.5 Å². The van der Waals surface area contributed by atoms with E-state index in [-0.39, 0.29) is 16.5 Å². The molecule has 2 aliphatic rings. The monoisotopic (exact) mass is 727 g/mol. The number of fused-ring (bicyclic) bond motifs is 1. The van der Waals surface area contributed by atoms with Gasteiger partial charge in [-0.1, -0.05) is 71.8 Å². The van der Waals surface area contributed by atoms with Crippen LogP contribution in [0.3, 0.4) is 0 Å². The Labute approximate surface area is 295 Å². The molecule has 250 valence electrons. The molecule has 1 unspecified atom stereocenters. The SMILES string of the molecule is CCCCOc1ccc(C2C(=C(O)c3ccc4c(c3)OCCO4)C(=O)C(=O)N2c2nnc(SCc3ccc(Cl)cc3Cl)s2)cc1OCC. The van der Waals surface area contributed by atoms with Crippen molar-refractivity contribution in [3.8, 4) is 23.0 Å². The van der Waals surface area contributed by atoms with E-state index in [1.165, 1.54) is 16.7 Å². The van der Waals surface area contributed by atoms with Gasteiger partial charge in [-0.3, -0.25) is 14.5 Å². The molecule has 0 bridgehead atoms. The van der Waals surface area contributed by atoms with Gasteiger partial charge in [-0.15, -0.1) is 10.2 Å². The van der Waals surface area contributed by atoms with Gasteiger partial charge in [0.15, 0.2) is 27.3 Å². The highest BCUT2D eigenvalue weighted by Crippen LogP contribution is 2.46. The van der Waals surface area contributed by atoms with Crippen molar-refractivity contribution in [2.24, 2.45) is 0 Å². The molecule has 3 aromatic carbocycles. The minimum absolute atomic E-state index is 0.115. The third kappa shape index (κ3) is 7.07. The van der Waals surface area contributed by atoms with E-state index in [1.54, 1.807) is 48.5 Å². The number of carbonyl (C=O) groups is 2. The summed E-state index contributed by atoms with van der Waals surface area (Å²) in [5, 5.41) is 21.6. The second-order valence-corrected chi connectivity index (χ2v) is 13.8. The number of ether oxygens (including phenoxy) is 4. The average molecular weight is 729 g/mol. The van der Waals surface area contributed by atoms with Crippen molar-refractivity contribution in [1.29, 1.82) is 0 Å². The molecule has 1 atom stereocenters. The molecule has 1 fully saturated rings. The maximum atomic E-state index is 13.8. The number of hydrogen-bond acceptors (Lipinski definition) is 11. The van der Waals surface area contributed by atoms with E-state index in [9.17, 15) is 14.7 Å². The fourth-order valence-electron chi connectivity index (χ4n) is 5.24. The van der Waals surface area contributed by atoms with Gasteiger partial charge in [0.1, 0.15) is 19.0 Å². The number of carbonyl (C=O) groups excluding carboxylic acids is 2. The summed E-state index contributed by atoms with van der Waals surface area (Å²) in [5.74, 6) is 0.324. The molecule has 1 N–H and O–H groups in total. The van der Waals surface area contributed by atoms with Crippen molar-refractivity contribution in [3.05, 3.63) is 86.9 Å². The first kappa shape index (κ1) is 33.9. The van der Waals surface area contributed by atoms with Crippen molar-refractivity contribution in [1.82, 2.24) is 10.2 Å². The maximum Gasteiger partial charge on any atom is 0.301 e. The second-order valence-electron chi connectivity index (χ2n) is 10.7. The average Bonchev–Trinajstić information content (AvgIpc) is 3.66. The van der Waals surface area contributed by atoms with Crippen molar-refractivity contribution < 1.29 is 33.6 Å². The van der Waals surface area contributed by atoms with Crippen LogP contribution < -0.4 is 23.8 Å². The van der Waals surface area contributed by atoms with Gasteiger partial charge in [-0.25, -0.2) is 0 Å². The largest absolute Gasteiger partial charge is 0.507 e. The van der Waals surface area contributed by atoms with E-state index in [2.05, 4.69) is 17.1 Å². The van der Waals surface area contributed by atoms with Crippen LogP contribution in [0.4, 0.5) is 5.13 Å². The van der Waals surface area contributed by atoms with E-state index in [1.807, 2.05) is 13.0 Å². The number of anilines is 1. The summed E-state index contributed by atoms with van der Waals surface area (Å²) in [4.78, 5) is 28.9. The van der Waals surface area contributed by atoms with Crippen molar-refractivity contribution in [2.75, 3.05) is 31.3 Å². The number of unbranched alkanes of at least 4 members (excludes halogenated alkanes) is 1. The number of aliphatic hydroxyl groups excluding tert-OH is 1. The minimum atomic E-state index is -1.06. The predicted octanol–water partition coefficient (Wildman–Crippen LogP) is 8.11. The highest BCUT2D eigenvalue weighted by molar-refractivity contribution is 8.00. The number of thioether (sulfide) groups is 1. The fourth-order valence-corrected chi connectivity index (χ4v) is 7.66. The van der Waals surface area contributed by atoms with Gasteiger partial charge in [-0.05, 0) is 66.9 Å². The van der Waals surface area contributed by atoms with Gasteiger partial charge in [0.05, 0.1) is 24.8 Å². The number of amides is 1. The number of hydrogen-bond donors (Lipinski definition) is 1. The highest BCUT2D eigenvalue weighted by Gasteiger charge is 2.48. The van der Waals surface area contributed by atoms with Crippen LogP contribution in [0, 0.1) is 0 Å². The highest BCUT2D eigenvalue weighted by atomic mass is 35.5. The number of nitrogens with zero attached hydrogens (tertiary/aromatic N) is 3. The van der Waals surface area contributed by atoms with E-state index in [4.69, 9.17) is 42.1 Å². The third-order valence-electron chi connectivity index (χ3n) is 7.57. The molecular formula is C34H31Cl2N3O7S2. The molecule has 48 heavy (non-hydrogen) atoms. The van der Waals surface area contributed by atoms with Crippen LogP contribution in [-0.4, -0.2) is 53.4 Å². The molecule has 0 radical (unpaired) electrons. The Hall–Kier alpha value is -3.97. The van der Waals surface area contributed by atoms with Gasteiger partial charge in [0.2, 0.25) is 5.13 Å². The van der Waals surface area contributed by atoms with E-state index in [0.717, 1.165) is 29.7 Å². The third-order valence-corrected chi connectivity index (χ3v) is 10.3. The van der Waals surface area contributed by atoms with Gasteiger partial charge in [0, 0.05) is 21.4 Å². The number of halogens is 2. The Morgan fingerprint density at radius 3 is 2.58 bits per heavy atom. The standard InChI is InChI=1S/C34H31Cl2N3O7S2/c1-3-5-12-44-24-10-7-19(15-26(24)43-4-2)29-28(30(40)20-8-11-25-27(16-20)46-14-13-45-25)31(41)32(42)39(29)33-37-38-34(48-33)47-18-21-6-9-22(35)17-23(21)36/h6-11,15-17,29,40H,3-5,12-14,18H2,1-2H3. The first-order valence-electron chi connectivity index (χ1n) is 15.3. The topological polar surface area (TPSA) is 120 Å². The first-order valence-corrected chi connectivity index (χ1v) is 17.9.